The van der Waals surface area contributed by atoms with Crippen LogP contribution in [0.25, 0.3) is 0 Å². The smallest absolute Gasteiger partial charge is 0.232 e. The van der Waals surface area contributed by atoms with Gasteiger partial charge in [0.05, 0.1) is 5.92 Å². The highest BCUT2D eigenvalue weighted by Crippen LogP contribution is 2.34. The number of amides is 3. The number of fused-ring (bicyclic) bond motifs is 1. The molecule has 6 heteroatoms. The number of nitrogens with zero attached hydrogens (tertiary/aromatic N) is 2. The Morgan fingerprint density at radius 1 is 1.24 bits per heavy atom. The third-order valence-corrected chi connectivity index (χ3v) is 4.11. The van der Waals surface area contributed by atoms with Gasteiger partial charge in [-0.3, -0.25) is 14.4 Å². The van der Waals surface area contributed by atoms with E-state index in [0.717, 1.165) is 17.7 Å². The number of hydrogen-bond donors (Lipinski definition) is 1. The number of para-hydroxylation sites is 1. The van der Waals surface area contributed by atoms with Crippen LogP contribution in [0.4, 0.5) is 5.69 Å². The summed E-state index contributed by atoms with van der Waals surface area (Å²) in [6.07, 6.45) is 0.992. The molecule has 0 radical (unpaired) electrons. The highest BCUT2D eigenvalue weighted by atomic mass is 16.2. The second-order valence-electron chi connectivity index (χ2n) is 5.36. The van der Waals surface area contributed by atoms with Crippen molar-refractivity contribution in [2.75, 3.05) is 31.5 Å². The fourth-order valence-corrected chi connectivity index (χ4v) is 2.86. The van der Waals surface area contributed by atoms with Crippen LogP contribution < -0.4 is 5.32 Å². The van der Waals surface area contributed by atoms with E-state index in [0.29, 0.717) is 26.2 Å². The van der Waals surface area contributed by atoms with Gasteiger partial charge in [0.1, 0.15) is 0 Å². The molecular weight excluding hydrogens is 270 g/mol. The van der Waals surface area contributed by atoms with Crippen LogP contribution in [0.3, 0.4) is 0 Å². The van der Waals surface area contributed by atoms with Gasteiger partial charge < -0.3 is 15.1 Å². The maximum atomic E-state index is 12.3. The quantitative estimate of drug-likeness (QED) is 0.819. The normalized spacial score (nSPS) is 21.0. The molecule has 1 saturated heterocycles. The van der Waals surface area contributed by atoms with Crippen molar-refractivity contribution in [3.63, 3.8) is 0 Å². The summed E-state index contributed by atoms with van der Waals surface area (Å²) in [5.41, 5.74) is 1.69. The molecule has 6 nitrogen and oxygen atoms in total. The molecule has 0 saturated carbocycles. The molecule has 0 aliphatic carbocycles. The number of piperazine rings is 1. The lowest BCUT2D eigenvalue weighted by Gasteiger charge is -2.33. The maximum absolute atomic E-state index is 12.3. The highest BCUT2D eigenvalue weighted by Gasteiger charge is 2.33. The standard InChI is InChI=1S/C15H17N3O3/c19-10-17-5-7-18(8-6-17)14(20)9-12-11-3-1-2-4-13(11)16-15(12)21/h1-4,10,12H,5-9H2,(H,16,21). The Morgan fingerprint density at radius 3 is 2.67 bits per heavy atom. The predicted molar refractivity (Wildman–Crippen MR) is 76.6 cm³/mol. The summed E-state index contributed by atoms with van der Waals surface area (Å²) in [6.45, 7) is 2.19. The van der Waals surface area contributed by atoms with Crippen molar-refractivity contribution in [3.05, 3.63) is 29.8 Å². The van der Waals surface area contributed by atoms with Crippen LogP contribution in [0.1, 0.15) is 17.9 Å². The van der Waals surface area contributed by atoms with Gasteiger partial charge in [-0.25, -0.2) is 0 Å². The van der Waals surface area contributed by atoms with Crippen LogP contribution in [-0.2, 0) is 14.4 Å². The molecule has 1 fully saturated rings. The van der Waals surface area contributed by atoms with E-state index in [2.05, 4.69) is 5.32 Å². The van der Waals surface area contributed by atoms with E-state index >= 15 is 0 Å². The minimum atomic E-state index is -0.405. The molecule has 0 spiro atoms. The van der Waals surface area contributed by atoms with E-state index < -0.39 is 5.92 Å². The fourth-order valence-electron chi connectivity index (χ4n) is 2.86. The van der Waals surface area contributed by atoms with Gasteiger partial charge >= 0.3 is 0 Å². The Labute approximate surface area is 122 Å². The van der Waals surface area contributed by atoms with Crippen LogP contribution >= 0.6 is 0 Å². The molecule has 2 aliphatic heterocycles. The molecule has 1 unspecified atom stereocenters. The molecule has 2 aliphatic rings. The van der Waals surface area contributed by atoms with E-state index in [1.807, 2.05) is 24.3 Å². The predicted octanol–water partition coefficient (Wildman–Crippen LogP) is 0.413. The summed E-state index contributed by atoms with van der Waals surface area (Å²) in [5, 5.41) is 2.81. The SMILES string of the molecule is O=CN1CCN(C(=O)CC2C(=O)Nc3ccccc32)CC1. The van der Waals surface area contributed by atoms with Gasteiger partial charge in [-0.15, -0.1) is 0 Å². The molecular formula is C15H17N3O3. The Balaban J connectivity index is 1.66. The molecule has 0 aromatic heterocycles. The molecule has 1 N–H and O–H groups in total. The van der Waals surface area contributed by atoms with Crippen LogP contribution in [0.5, 0.6) is 0 Å². The lowest BCUT2D eigenvalue weighted by Crippen LogP contribution is -2.48. The van der Waals surface area contributed by atoms with Gasteiger partial charge in [0.25, 0.3) is 0 Å². The number of anilines is 1. The van der Waals surface area contributed by atoms with Crippen molar-refractivity contribution >= 4 is 23.9 Å². The largest absolute Gasteiger partial charge is 0.342 e. The Bertz CT molecular complexity index is 579. The summed E-state index contributed by atoms with van der Waals surface area (Å²) in [7, 11) is 0. The monoisotopic (exact) mass is 287 g/mol. The van der Waals surface area contributed by atoms with Crippen molar-refractivity contribution in [1.29, 1.82) is 0 Å². The zero-order chi connectivity index (χ0) is 14.8. The van der Waals surface area contributed by atoms with E-state index in [4.69, 9.17) is 0 Å². The Kier molecular flexibility index (Phi) is 3.60. The second kappa shape index (κ2) is 5.55. The van der Waals surface area contributed by atoms with Crippen molar-refractivity contribution < 1.29 is 14.4 Å². The average Bonchev–Trinajstić information content (AvgIpc) is 2.83. The first-order chi connectivity index (χ1) is 10.2. The third kappa shape index (κ3) is 2.61. The molecule has 1 aromatic rings. The Hall–Kier alpha value is -2.37. The fraction of sp³-hybridized carbons (Fsp3) is 0.400. The van der Waals surface area contributed by atoms with Crippen molar-refractivity contribution in [2.45, 2.75) is 12.3 Å². The van der Waals surface area contributed by atoms with Gasteiger partial charge in [0.2, 0.25) is 18.2 Å². The number of carbonyl (C=O) groups is 3. The molecule has 1 atom stereocenters. The van der Waals surface area contributed by atoms with Gasteiger partial charge in [-0.1, -0.05) is 18.2 Å². The summed E-state index contributed by atoms with van der Waals surface area (Å²) in [6, 6.07) is 7.47. The molecule has 2 heterocycles. The van der Waals surface area contributed by atoms with Crippen molar-refractivity contribution in [1.82, 2.24) is 9.80 Å². The topological polar surface area (TPSA) is 69.7 Å². The van der Waals surface area contributed by atoms with Gasteiger partial charge in [-0.2, -0.15) is 0 Å². The minimum absolute atomic E-state index is 0.0302. The zero-order valence-corrected chi connectivity index (χ0v) is 11.6. The summed E-state index contributed by atoms with van der Waals surface area (Å²) < 4.78 is 0. The third-order valence-electron chi connectivity index (χ3n) is 4.11. The number of rotatable bonds is 3. The average molecular weight is 287 g/mol. The first-order valence-electron chi connectivity index (χ1n) is 7.06. The summed E-state index contributed by atoms with van der Waals surface area (Å²) >= 11 is 0. The van der Waals surface area contributed by atoms with Gasteiger partial charge in [0, 0.05) is 38.3 Å². The first kappa shape index (κ1) is 13.6. The van der Waals surface area contributed by atoms with E-state index in [1.54, 1.807) is 9.80 Å². The van der Waals surface area contributed by atoms with Crippen LogP contribution in [0, 0.1) is 0 Å². The van der Waals surface area contributed by atoms with E-state index in [9.17, 15) is 14.4 Å². The van der Waals surface area contributed by atoms with Crippen LogP contribution in [0.15, 0.2) is 24.3 Å². The molecule has 0 bridgehead atoms. The number of hydrogen-bond acceptors (Lipinski definition) is 3. The lowest BCUT2D eigenvalue weighted by molar-refractivity contribution is -0.136. The highest BCUT2D eigenvalue weighted by molar-refractivity contribution is 6.04. The molecule has 110 valence electrons. The number of nitrogens with one attached hydrogen (secondary N) is 1. The molecule has 21 heavy (non-hydrogen) atoms. The van der Waals surface area contributed by atoms with Gasteiger partial charge in [0.15, 0.2) is 0 Å². The Morgan fingerprint density at radius 2 is 1.95 bits per heavy atom. The number of carbonyl (C=O) groups excluding carboxylic acids is 3. The van der Waals surface area contributed by atoms with Gasteiger partial charge in [-0.05, 0) is 11.6 Å². The maximum Gasteiger partial charge on any atom is 0.232 e. The summed E-state index contributed by atoms with van der Waals surface area (Å²) in [5.74, 6) is -0.550. The lowest BCUT2D eigenvalue weighted by atomic mass is 9.96. The molecule has 3 amide bonds. The van der Waals surface area contributed by atoms with Crippen LogP contribution in [0.2, 0.25) is 0 Å². The zero-order valence-electron chi connectivity index (χ0n) is 11.6. The van der Waals surface area contributed by atoms with Crippen molar-refractivity contribution in [2.24, 2.45) is 0 Å². The summed E-state index contributed by atoms with van der Waals surface area (Å²) in [4.78, 5) is 38.4. The van der Waals surface area contributed by atoms with Crippen molar-refractivity contribution in [3.8, 4) is 0 Å². The number of benzene rings is 1. The first-order valence-corrected chi connectivity index (χ1v) is 7.06. The molecule has 3 rings (SSSR count). The van der Waals surface area contributed by atoms with E-state index in [-0.39, 0.29) is 18.2 Å². The van der Waals surface area contributed by atoms with E-state index in [1.165, 1.54) is 0 Å². The molecule has 1 aromatic carbocycles. The second-order valence-corrected chi connectivity index (χ2v) is 5.36. The van der Waals surface area contributed by atoms with Crippen LogP contribution in [-0.4, -0.2) is 54.2 Å². The minimum Gasteiger partial charge on any atom is -0.342 e.